The number of amides is 2. The highest BCUT2D eigenvalue weighted by atomic mass is 16.4. The first kappa shape index (κ1) is 15.0. The van der Waals surface area contributed by atoms with Gasteiger partial charge in [0.2, 0.25) is 0 Å². The Bertz CT molecular complexity index is 462. The molecule has 0 radical (unpaired) electrons. The third-order valence-electron chi connectivity index (χ3n) is 2.71. The molecule has 2 amide bonds. The van der Waals surface area contributed by atoms with Gasteiger partial charge in [-0.25, -0.2) is 9.59 Å². The first-order valence-electron chi connectivity index (χ1n) is 5.90. The lowest BCUT2D eigenvalue weighted by molar-refractivity contribution is -0.139. The first-order valence-corrected chi connectivity index (χ1v) is 5.90. The Labute approximate surface area is 111 Å². The number of anilines is 1. The van der Waals surface area contributed by atoms with Gasteiger partial charge in [0.05, 0.1) is 0 Å². The van der Waals surface area contributed by atoms with Crippen molar-refractivity contribution in [2.45, 2.75) is 19.4 Å². The number of carboxylic acid groups (broad SMARTS) is 1. The van der Waals surface area contributed by atoms with Crippen LogP contribution in [-0.2, 0) is 4.79 Å². The highest BCUT2D eigenvalue weighted by Gasteiger charge is 2.21. The minimum Gasteiger partial charge on any atom is -0.480 e. The summed E-state index contributed by atoms with van der Waals surface area (Å²) in [5.74, 6) is -1.17. The number of aliphatic carboxylic acids is 1. The van der Waals surface area contributed by atoms with E-state index >= 15 is 0 Å². The second-order valence-electron chi connectivity index (χ2n) is 4.25. The van der Waals surface area contributed by atoms with Gasteiger partial charge < -0.3 is 15.5 Å². The molecule has 0 fully saturated rings. The molecule has 1 aromatic rings. The molecule has 0 aliphatic rings. The molecule has 0 aliphatic carbocycles. The summed E-state index contributed by atoms with van der Waals surface area (Å²) in [6, 6.07) is 5.68. The number of aliphatic hydroxyl groups is 1. The largest absolute Gasteiger partial charge is 0.480 e. The topological polar surface area (TPSA) is 89.9 Å². The highest BCUT2D eigenvalue weighted by molar-refractivity contribution is 5.94. The van der Waals surface area contributed by atoms with Gasteiger partial charge in [0, 0.05) is 25.8 Å². The summed E-state index contributed by atoms with van der Waals surface area (Å²) in [4.78, 5) is 24.1. The fourth-order valence-electron chi connectivity index (χ4n) is 1.59. The van der Waals surface area contributed by atoms with Crippen LogP contribution in [0, 0.1) is 6.92 Å². The highest BCUT2D eigenvalue weighted by Crippen LogP contribution is 2.14. The molecule has 1 rings (SSSR count). The summed E-state index contributed by atoms with van der Waals surface area (Å²) in [6.07, 6.45) is -0.0251. The number of hydrogen-bond acceptors (Lipinski definition) is 3. The Balaban J connectivity index is 2.74. The van der Waals surface area contributed by atoms with E-state index in [2.05, 4.69) is 5.32 Å². The molecule has 3 N–H and O–H groups in total. The molecule has 104 valence electrons. The molecule has 1 aromatic carbocycles. The SMILES string of the molecule is Cc1cccc(N(C)C(=O)N[C@@H](CCO)C(=O)O)c1. The van der Waals surface area contributed by atoms with Gasteiger partial charge in [-0.2, -0.15) is 0 Å². The maximum atomic E-state index is 11.9. The summed E-state index contributed by atoms with van der Waals surface area (Å²) in [7, 11) is 1.56. The maximum absolute atomic E-state index is 11.9. The van der Waals surface area contributed by atoms with E-state index in [0.29, 0.717) is 5.69 Å². The molecule has 0 saturated carbocycles. The number of nitrogens with one attached hydrogen (secondary N) is 1. The molecule has 0 bridgehead atoms. The predicted octanol–water partition coefficient (Wildman–Crippen LogP) is 0.976. The number of rotatable bonds is 5. The molecule has 1 atom stereocenters. The van der Waals surface area contributed by atoms with Gasteiger partial charge in [-0.3, -0.25) is 4.90 Å². The van der Waals surface area contributed by atoms with Crippen molar-refractivity contribution in [1.82, 2.24) is 5.32 Å². The number of benzene rings is 1. The van der Waals surface area contributed by atoms with Gasteiger partial charge in [-0.15, -0.1) is 0 Å². The molecule has 0 heterocycles. The number of carbonyl (C=O) groups is 2. The lowest BCUT2D eigenvalue weighted by Crippen LogP contribution is -2.47. The minimum absolute atomic E-state index is 0.0251. The predicted molar refractivity (Wildman–Crippen MR) is 71.2 cm³/mol. The fraction of sp³-hybridized carbons (Fsp3) is 0.385. The molecule has 6 heteroatoms. The Kier molecular flexibility index (Phi) is 5.32. The van der Waals surface area contributed by atoms with Crippen LogP contribution in [0.4, 0.5) is 10.5 Å². The summed E-state index contributed by atoms with van der Waals surface area (Å²) in [6.45, 7) is 1.60. The van der Waals surface area contributed by atoms with Crippen molar-refractivity contribution in [2.24, 2.45) is 0 Å². The van der Waals surface area contributed by atoms with Crippen LogP contribution in [0.3, 0.4) is 0 Å². The van der Waals surface area contributed by atoms with Crippen molar-refractivity contribution in [3.05, 3.63) is 29.8 Å². The zero-order chi connectivity index (χ0) is 14.4. The average Bonchev–Trinajstić information content (AvgIpc) is 2.37. The van der Waals surface area contributed by atoms with Crippen LogP contribution in [0.25, 0.3) is 0 Å². The van der Waals surface area contributed by atoms with E-state index in [1.54, 1.807) is 13.1 Å². The normalized spacial score (nSPS) is 11.7. The van der Waals surface area contributed by atoms with Crippen molar-refractivity contribution in [1.29, 1.82) is 0 Å². The smallest absolute Gasteiger partial charge is 0.326 e. The summed E-state index contributed by atoms with van der Waals surface area (Å²) < 4.78 is 0. The zero-order valence-electron chi connectivity index (χ0n) is 11.0. The quantitative estimate of drug-likeness (QED) is 0.741. The molecular weight excluding hydrogens is 248 g/mol. The molecule has 0 aliphatic heterocycles. The number of nitrogens with zero attached hydrogens (tertiary/aromatic N) is 1. The van der Waals surface area contributed by atoms with Crippen LogP contribution in [0.1, 0.15) is 12.0 Å². The fourth-order valence-corrected chi connectivity index (χ4v) is 1.59. The lowest BCUT2D eigenvalue weighted by Gasteiger charge is -2.21. The Morgan fingerprint density at radius 2 is 2.11 bits per heavy atom. The first-order chi connectivity index (χ1) is 8.95. The van der Waals surface area contributed by atoms with Crippen molar-refractivity contribution in [2.75, 3.05) is 18.6 Å². The second kappa shape index (κ2) is 6.75. The van der Waals surface area contributed by atoms with E-state index in [0.717, 1.165) is 5.56 Å². The molecule has 19 heavy (non-hydrogen) atoms. The van der Waals surface area contributed by atoms with Gasteiger partial charge in [0.1, 0.15) is 6.04 Å². The van der Waals surface area contributed by atoms with Crippen LogP contribution < -0.4 is 10.2 Å². The third-order valence-corrected chi connectivity index (χ3v) is 2.71. The van der Waals surface area contributed by atoms with Crippen LogP contribution in [-0.4, -0.2) is 41.9 Å². The second-order valence-corrected chi connectivity index (χ2v) is 4.25. The van der Waals surface area contributed by atoms with Gasteiger partial charge >= 0.3 is 12.0 Å². The number of carbonyl (C=O) groups excluding carboxylic acids is 1. The Hall–Kier alpha value is -2.08. The van der Waals surface area contributed by atoms with Crippen molar-refractivity contribution < 1.29 is 19.8 Å². The summed E-state index contributed by atoms with van der Waals surface area (Å²) >= 11 is 0. The van der Waals surface area contributed by atoms with E-state index in [-0.39, 0.29) is 13.0 Å². The van der Waals surface area contributed by atoms with Crippen molar-refractivity contribution >= 4 is 17.7 Å². The van der Waals surface area contributed by atoms with E-state index in [9.17, 15) is 9.59 Å². The minimum atomic E-state index is -1.17. The molecule has 0 spiro atoms. The summed E-state index contributed by atoms with van der Waals surface area (Å²) in [5.41, 5.74) is 1.67. The number of carboxylic acids is 1. The van der Waals surface area contributed by atoms with Crippen LogP contribution in [0.2, 0.25) is 0 Å². The van der Waals surface area contributed by atoms with Crippen LogP contribution in [0.5, 0.6) is 0 Å². The van der Waals surface area contributed by atoms with E-state index in [4.69, 9.17) is 10.2 Å². The van der Waals surface area contributed by atoms with Gasteiger partial charge in [0.25, 0.3) is 0 Å². The van der Waals surface area contributed by atoms with Crippen molar-refractivity contribution in [3.8, 4) is 0 Å². The van der Waals surface area contributed by atoms with E-state index in [1.807, 2.05) is 25.1 Å². The Morgan fingerprint density at radius 1 is 1.42 bits per heavy atom. The Morgan fingerprint density at radius 3 is 2.63 bits per heavy atom. The van der Waals surface area contributed by atoms with Crippen LogP contribution >= 0.6 is 0 Å². The monoisotopic (exact) mass is 266 g/mol. The van der Waals surface area contributed by atoms with Gasteiger partial charge in [-0.05, 0) is 24.6 Å². The molecule has 0 saturated heterocycles. The number of aliphatic hydroxyl groups excluding tert-OH is 1. The molecule has 0 unspecified atom stereocenters. The molecule has 6 nitrogen and oxygen atoms in total. The molecule has 0 aromatic heterocycles. The van der Waals surface area contributed by atoms with Gasteiger partial charge in [0.15, 0.2) is 0 Å². The summed E-state index contributed by atoms with van der Waals surface area (Å²) in [5, 5.41) is 20.0. The molecular formula is C13H18N2O4. The standard InChI is InChI=1S/C13H18N2O4/c1-9-4-3-5-10(8-9)15(2)13(19)14-11(6-7-16)12(17)18/h3-5,8,11,16H,6-7H2,1-2H3,(H,14,19)(H,17,18)/t11-/m0/s1. The lowest BCUT2D eigenvalue weighted by atomic mass is 10.2. The van der Waals surface area contributed by atoms with E-state index < -0.39 is 18.0 Å². The van der Waals surface area contributed by atoms with Crippen LogP contribution in [0.15, 0.2) is 24.3 Å². The average molecular weight is 266 g/mol. The number of urea groups is 1. The number of aryl methyl sites for hydroxylation is 1. The van der Waals surface area contributed by atoms with Crippen molar-refractivity contribution in [3.63, 3.8) is 0 Å². The zero-order valence-corrected chi connectivity index (χ0v) is 11.0. The van der Waals surface area contributed by atoms with Gasteiger partial charge in [-0.1, -0.05) is 12.1 Å². The number of hydrogen-bond donors (Lipinski definition) is 3. The maximum Gasteiger partial charge on any atom is 0.326 e. The third kappa shape index (κ3) is 4.26. The van der Waals surface area contributed by atoms with E-state index in [1.165, 1.54) is 4.90 Å².